The molecule has 4 rings (SSSR count). The van der Waals surface area contributed by atoms with Crippen molar-refractivity contribution in [3.63, 3.8) is 0 Å². The van der Waals surface area contributed by atoms with Crippen molar-refractivity contribution < 1.29 is 4.79 Å². The normalized spacial score (nSPS) is 15.6. The van der Waals surface area contributed by atoms with Gasteiger partial charge in [-0.05, 0) is 31.4 Å². The molecule has 0 spiro atoms. The summed E-state index contributed by atoms with van der Waals surface area (Å²) in [5.74, 6) is 0.0683. The van der Waals surface area contributed by atoms with E-state index in [1.807, 2.05) is 35.9 Å². The third kappa shape index (κ3) is 3.47. The summed E-state index contributed by atoms with van der Waals surface area (Å²) in [5.41, 5.74) is 2.20. The van der Waals surface area contributed by atoms with Crippen LogP contribution in [0.2, 0.25) is 0 Å². The number of aromatic nitrogens is 2. The van der Waals surface area contributed by atoms with E-state index in [-0.39, 0.29) is 5.91 Å². The second kappa shape index (κ2) is 7.00. The van der Waals surface area contributed by atoms with Gasteiger partial charge in [-0.2, -0.15) is 5.10 Å². The number of rotatable bonds is 4. The van der Waals surface area contributed by atoms with Crippen LogP contribution in [0.15, 0.2) is 36.4 Å². The quantitative estimate of drug-likeness (QED) is 0.750. The predicted octanol–water partition coefficient (Wildman–Crippen LogP) is 4.52. The zero-order valence-electron chi connectivity index (χ0n) is 14.5. The Morgan fingerprint density at radius 1 is 1.24 bits per heavy atom. The number of benzene rings is 1. The van der Waals surface area contributed by atoms with E-state index >= 15 is 0 Å². The highest BCUT2D eigenvalue weighted by Gasteiger charge is 2.20. The number of hydrogen-bond donors (Lipinski definition) is 1. The van der Waals surface area contributed by atoms with Gasteiger partial charge in [-0.3, -0.25) is 9.48 Å². The highest BCUT2D eigenvalue weighted by Crippen LogP contribution is 2.29. The maximum absolute atomic E-state index is 12.6. The second-order valence-corrected chi connectivity index (χ2v) is 7.90. The van der Waals surface area contributed by atoms with Crippen LogP contribution in [-0.2, 0) is 6.54 Å². The maximum Gasteiger partial charge on any atom is 0.261 e. The molecule has 0 saturated heterocycles. The number of thiophene rings is 1. The summed E-state index contributed by atoms with van der Waals surface area (Å²) in [6, 6.07) is 12.7. The van der Waals surface area contributed by atoms with Gasteiger partial charge in [-0.15, -0.1) is 11.3 Å². The topological polar surface area (TPSA) is 46.9 Å². The van der Waals surface area contributed by atoms with E-state index in [1.165, 1.54) is 24.8 Å². The molecule has 0 aliphatic heterocycles. The standard InChI is InChI=1S/C20H23N3OS/c1-14-17-12-18(19(24)21-16-10-6-3-7-11-16)25-20(17)23(22-14)13-15-8-4-2-5-9-15/h2,4-5,8-9,12,16H,3,6-7,10-11,13H2,1H3,(H,21,24). The lowest BCUT2D eigenvalue weighted by Gasteiger charge is -2.22. The monoisotopic (exact) mass is 353 g/mol. The average Bonchev–Trinajstić information content (AvgIpc) is 3.19. The van der Waals surface area contributed by atoms with E-state index in [2.05, 4.69) is 22.5 Å². The summed E-state index contributed by atoms with van der Waals surface area (Å²) < 4.78 is 2.02. The molecule has 1 aromatic carbocycles. The van der Waals surface area contributed by atoms with Gasteiger partial charge < -0.3 is 5.32 Å². The van der Waals surface area contributed by atoms with Gasteiger partial charge in [0.25, 0.3) is 5.91 Å². The number of hydrogen-bond acceptors (Lipinski definition) is 3. The molecular weight excluding hydrogens is 330 g/mol. The van der Waals surface area contributed by atoms with Gasteiger partial charge in [0.2, 0.25) is 0 Å². The third-order valence-corrected chi connectivity index (χ3v) is 6.09. The number of nitrogens with one attached hydrogen (secondary N) is 1. The Morgan fingerprint density at radius 2 is 2.00 bits per heavy atom. The molecule has 0 unspecified atom stereocenters. The lowest BCUT2D eigenvalue weighted by Crippen LogP contribution is -2.35. The maximum atomic E-state index is 12.6. The molecule has 1 aliphatic rings. The van der Waals surface area contributed by atoms with Crippen LogP contribution >= 0.6 is 11.3 Å². The number of carbonyl (C=O) groups is 1. The molecule has 1 saturated carbocycles. The van der Waals surface area contributed by atoms with Crippen LogP contribution in [0.1, 0.15) is 53.0 Å². The van der Waals surface area contributed by atoms with Crippen molar-refractivity contribution in [2.75, 3.05) is 0 Å². The summed E-state index contributed by atoms with van der Waals surface area (Å²) >= 11 is 1.55. The van der Waals surface area contributed by atoms with Crippen LogP contribution in [0.25, 0.3) is 10.2 Å². The minimum absolute atomic E-state index is 0.0683. The van der Waals surface area contributed by atoms with Gasteiger partial charge in [0.15, 0.2) is 0 Å². The molecule has 25 heavy (non-hydrogen) atoms. The van der Waals surface area contributed by atoms with Crippen molar-refractivity contribution in [2.24, 2.45) is 0 Å². The molecule has 3 aromatic rings. The SMILES string of the molecule is Cc1nn(Cc2ccccc2)c2sc(C(=O)NC3CCCCC3)cc12. The minimum Gasteiger partial charge on any atom is -0.349 e. The van der Waals surface area contributed by atoms with E-state index in [0.717, 1.165) is 40.2 Å². The Labute approximate surface area is 151 Å². The summed E-state index contributed by atoms with van der Waals surface area (Å²) in [4.78, 5) is 14.5. The first-order chi connectivity index (χ1) is 12.2. The van der Waals surface area contributed by atoms with Crippen molar-refractivity contribution >= 4 is 27.5 Å². The molecule has 1 aliphatic carbocycles. The first kappa shape index (κ1) is 16.3. The number of aryl methyl sites for hydroxylation is 1. The second-order valence-electron chi connectivity index (χ2n) is 6.87. The number of fused-ring (bicyclic) bond motifs is 1. The summed E-state index contributed by atoms with van der Waals surface area (Å²) in [5, 5.41) is 8.97. The molecule has 0 radical (unpaired) electrons. The van der Waals surface area contributed by atoms with Gasteiger partial charge >= 0.3 is 0 Å². The smallest absolute Gasteiger partial charge is 0.261 e. The summed E-state index contributed by atoms with van der Waals surface area (Å²) in [6.45, 7) is 2.74. The van der Waals surface area contributed by atoms with Crippen LogP contribution in [0.4, 0.5) is 0 Å². The Bertz CT molecular complexity index is 875. The fourth-order valence-corrected chi connectivity index (χ4v) is 4.66. The van der Waals surface area contributed by atoms with Gasteiger partial charge in [-0.1, -0.05) is 49.6 Å². The lowest BCUT2D eigenvalue weighted by atomic mass is 9.95. The van der Waals surface area contributed by atoms with E-state index in [0.29, 0.717) is 6.04 Å². The van der Waals surface area contributed by atoms with Gasteiger partial charge in [-0.25, -0.2) is 0 Å². The molecule has 1 amide bonds. The summed E-state index contributed by atoms with van der Waals surface area (Å²) in [7, 11) is 0. The van der Waals surface area contributed by atoms with Crippen molar-refractivity contribution in [2.45, 2.75) is 51.6 Å². The molecule has 130 valence electrons. The lowest BCUT2D eigenvalue weighted by molar-refractivity contribution is 0.0932. The number of carbonyl (C=O) groups excluding carboxylic acids is 1. The summed E-state index contributed by atoms with van der Waals surface area (Å²) in [6.07, 6.45) is 5.96. The van der Waals surface area contributed by atoms with Crippen molar-refractivity contribution in [1.82, 2.24) is 15.1 Å². The minimum atomic E-state index is 0.0683. The molecule has 5 heteroatoms. The van der Waals surface area contributed by atoms with Crippen molar-refractivity contribution in [3.8, 4) is 0 Å². The van der Waals surface area contributed by atoms with Crippen LogP contribution in [0, 0.1) is 6.92 Å². The van der Waals surface area contributed by atoms with Crippen molar-refractivity contribution in [3.05, 3.63) is 52.5 Å². The number of nitrogens with zero attached hydrogens (tertiary/aromatic N) is 2. The van der Waals surface area contributed by atoms with Crippen molar-refractivity contribution in [1.29, 1.82) is 0 Å². The number of amides is 1. The predicted molar refractivity (Wildman–Crippen MR) is 102 cm³/mol. The molecule has 2 heterocycles. The first-order valence-electron chi connectivity index (χ1n) is 9.02. The van der Waals surface area contributed by atoms with Gasteiger partial charge in [0.05, 0.1) is 17.1 Å². The van der Waals surface area contributed by atoms with Crippen LogP contribution in [-0.4, -0.2) is 21.7 Å². The highest BCUT2D eigenvalue weighted by molar-refractivity contribution is 7.20. The van der Waals surface area contributed by atoms with E-state index in [9.17, 15) is 4.79 Å². The first-order valence-corrected chi connectivity index (χ1v) is 9.84. The molecule has 0 atom stereocenters. The van der Waals surface area contributed by atoms with Crippen LogP contribution in [0.5, 0.6) is 0 Å². The van der Waals surface area contributed by atoms with Crippen LogP contribution < -0.4 is 5.32 Å². The van der Waals surface area contributed by atoms with E-state index in [1.54, 1.807) is 11.3 Å². The molecule has 1 fully saturated rings. The Balaban J connectivity index is 1.57. The fourth-order valence-electron chi connectivity index (χ4n) is 3.59. The molecular formula is C20H23N3OS. The fraction of sp³-hybridized carbons (Fsp3) is 0.400. The zero-order chi connectivity index (χ0) is 17.2. The van der Waals surface area contributed by atoms with E-state index < -0.39 is 0 Å². The average molecular weight is 353 g/mol. The highest BCUT2D eigenvalue weighted by atomic mass is 32.1. The molecule has 0 bridgehead atoms. The Kier molecular flexibility index (Phi) is 4.57. The largest absolute Gasteiger partial charge is 0.349 e. The van der Waals surface area contributed by atoms with E-state index in [4.69, 9.17) is 0 Å². The Hall–Kier alpha value is -2.14. The molecule has 2 aromatic heterocycles. The third-order valence-electron chi connectivity index (χ3n) is 4.95. The molecule has 1 N–H and O–H groups in total. The molecule has 4 nitrogen and oxygen atoms in total. The Morgan fingerprint density at radius 3 is 2.76 bits per heavy atom. The van der Waals surface area contributed by atoms with Gasteiger partial charge in [0, 0.05) is 11.4 Å². The zero-order valence-corrected chi connectivity index (χ0v) is 15.3. The van der Waals surface area contributed by atoms with Crippen LogP contribution in [0.3, 0.4) is 0 Å². The van der Waals surface area contributed by atoms with Gasteiger partial charge in [0.1, 0.15) is 4.83 Å².